The topological polar surface area (TPSA) is 44.5 Å². The Bertz CT molecular complexity index is 311. The fourth-order valence-electron chi connectivity index (χ4n) is 1.43. The van der Waals surface area contributed by atoms with Crippen LogP contribution in [-0.2, 0) is 6.54 Å². The minimum Gasteiger partial charge on any atom is -0.492 e. The van der Waals surface area contributed by atoms with Gasteiger partial charge in [-0.3, -0.25) is 0 Å². The molecule has 78 valence electrons. The van der Waals surface area contributed by atoms with Gasteiger partial charge in [-0.05, 0) is 18.6 Å². The van der Waals surface area contributed by atoms with Crippen molar-refractivity contribution in [1.29, 1.82) is 0 Å². The molecule has 0 aliphatic rings. The molecule has 1 rings (SSSR count). The molecule has 14 heavy (non-hydrogen) atoms. The van der Waals surface area contributed by atoms with Crippen LogP contribution >= 0.6 is 11.6 Å². The van der Waals surface area contributed by atoms with E-state index in [-0.39, 0.29) is 0 Å². The van der Waals surface area contributed by atoms with E-state index in [9.17, 15) is 0 Å². The zero-order chi connectivity index (χ0) is 10.7. The van der Waals surface area contributed by atoms with Crippen LogP contribution in [0.25, 0.3) is 0 Å². The lowest BCUT2D eigenvalue weighted by atomic mass is 10.1. The fraction of sp³-hybridized carbons (Fsp3) is 0.400. The second-order valence-electron chi connectivity index (χ2n) is 2.92. The Labute approximate surface area is 88.8 Å². The Morgan fingerprint density at radius 3 is 2.29 bits per heavy atom. The molecule has 4 heteroatoms. The molecule has 0 atom stereocenters. The summed E-state index contributed by atoms with van der Waals surface area (Å²) in [5.41, 5.74) is 7.56. The van der Waals surface area contributed by atoms with Crippen LogP contribution < -0.4 is 15.2 Å². The van der Waals surface area contributed by atoms with Crippen LogP contribution in [0.4, 0.5) is 0 Å². The van der Waals surface area contributed by atoms with E-state index in [0.717, 1.165) is 11.1 Å². The summed E-state index contributed by atoms with van der Waals surface area (Å²) >= 11 is 6.00. The lowest BCUT2D eigenvalue weighted by Gasteiger charge is -2.15. The third kappa shape index (κ3) is 1.79. The van der Waals surface area contributed by atoms with E-state index in [1.165, 1.54) is 0 Å². The van der Waals surface area contributed by atoms with Gasteiger partial charge >= 0.3 is 0 Å². The van der Waals surface area contributed by atoms with Crippen molar-refractivity contribution in [2.45, 2.75) is 13.5 Å². The van der Waals surface area contributed by atoms with Gasteiger partial charge in [-0.25, -0.2) is 0 Å². The van der Waals surface area contributed by atoms with Crippen LogP contribution in [0.15, 0.2) is 6.07 Å². The summed E-state index contributed by atoms with van der Waals surface area (Å²) in [5, 5.41) is 0.541. The van der Waals surface area contributed by atoms with Crippen molar-refractivity contribution in [3.05, 3.63) is 22.2 Å². The van der Waals surface area contributed by atoms with Gasteiger partial charge in [0.05, 0.1) is 19.2 Å². The Balaban J connectivity index is 3.43. The minimum absolute atomic E-state index is 0.405. The van der Waals surface area contributed by atoms with Gasteiger partial charge in [0.15, 0.2) is 11.5 Å². The quantitative estimate of drug-likeness (QED) is 0.840. The summed E-state index contributed by atoms with van der Waals surface area (Å²) in [7, 11) is 3.13. The number of hydrogen-bond donors (Lipinski definition) is 1. The first-order valence-electron chi connectivity index (χ1n) is 4.25. The van der Waals surface area contributed by atoms with Crippen molar-refractivity contribution < 1.29 is 9.47 Å². The van der Waals surface area contributed by atoms with Crippen LogP contribution in [0.2, 0.25) is 5.02 Å². The van der Waals surface area contributed by atoms with Gasteiger partial charge in [0.2, 0.25) is 0 Å². The normalized spacial score (nSPS) is 10.1. The number of nitrogens with two attached hydrogens (primary N) is 1. The maximum absolute atomic E-state index is 6.00. The van der Waals surface area contributed by atoms with E-state index in [1.807, 2.05) is 13.0 Å². The minimum atomic E-state index is 0.405. The molecule has 0 amide bonds. The van der Waals surface area contributed by atoms with Crippen molar-refractivity contribution in [1.82, 2.24) is 0 Å². The molecular weight excluding hydrogens is 202 g/mol. The first kappa shape index (κ1) is 11.1. The van der Waals surface area contributed by atoms with E-state index < -0.39 is 0 Å². The number of hydrogen-bond acceptors (Lipinski definition) is 3. The molecule has 2 N–H and O–H groups in total. The average Bonchev–Trinajstić information content (AvgIpc) is 2.16. The molecule has 0 saturated heterocycles. The maximum Gasteiger partial charge on any atom is 0.179 e. The first-order valence-corrected chi connectivity index (χ1v) is 4.63. The van der Waals surface area contributed by atoms with Crippen molar-refractivity contribution in [2.75, 3.05) is 14.2 Å². The van der Waals surface area contributed by atoms with E-state index in [2.05, 4.69) is 0 Å². The number of ether oxygens (including phenoxy) is 2. The van der Waals surface area contributed by atoms with E-state index in [0.29, 0.717) is 23.1 Å². The molecule has 0 heterocycles. The SMILES string of the molecule is COc1c(Cl)cc(C)c(CN)c1OC. The second-order valence-corrected chi connectivity index (χ2v) is 3.33. The molecule has 1 aromatic carbocycles. The number of halogens is 1. The first-order chi connectivity index (χ1) is 6.65. The predicted octanol–water partition coefficient (Wildman–Crippen LogP) is 2.12. The zero-order valence-electron chi connectivity index (χ0n) is 8.56. The van der Waals surface area contributed by atoms with Crippen molar-refractivity contribution in [3.63, 3.8) is 0 Å². The summed E-state index contributed by atoms with van der Waals surface area (Å²) in [6.45, 7) is 2.35. The molecule has 0 bridgehead atoms. The largest absolute Gasteiger partial charge is 0.492 e. The van der Waals surface area contributed by atoms with E-state index in [4.69, 9.17) is 26.8 Å². The van der Waals surface area contributed by atoms with Crippen molar-refractivity contribution >= 4 is 11.6 Å². The summed E-state index contributed by atoms with van der Waals surface area (Å²) < 4.78 is 10.4. The Kier molecular flexibility index (Phi) is 3.61. The van der Waals surface area contributed by atoms with Gasteiger partial charge in [0, 0.05) is 12.1 Å². The van der Waals surface area contributed by atoms with Crippen LogP contribution in [-0.4, -0.2) is 14.2 Å². The molecule has 0 aromatic heterocycles. The highest BCUT2D eigenvalue weighted by Crippen LogP contribution is 2.39. The molecule has 0 unspecified atom stereocenters. The number of methoxy groups -OCH3 is 2. The van der Waals surface area contributed by atoms with Crippen LogP contribution in [0.5, 0.6) is 11.5 Å². The van der Waals surface area contributed by atoms with Gasteiger partial charge < -0.3 is 15.2 Å². The molecule has 0 aliphatic heterocycles. The average molecular weight is 216 g/mol. The third-order valence-electron chi connectivity index (χ3n) is 2.13. The molecular formula is C10H14ClNO2. The Morgan fingerprint density at radius 2 is 1.86 bits per heavy atom. The molecule has 0 aliphatic carbocycles. The molecule has 0 radical (unpaired) electrons. The molecule has 0 fully saturated rings. The van der Waals surface area contributed by atoms with Gasteiger partial charge in [0.25, 0.3) is 0 Å². The van der Waals surface area contributed by atoms with Crippen LogP contribution in [0, 0.1) is 6.92 Å². The summed E-state index contributed by atoms with van der Waals surface area (Å²) in [6, 6.07) is 1.82. The molecule has 1 aromatic rings. The Morgan fingerprint density at radius 1 is 1.29 bits per heavy atom. The van der Waals surface area contributed by atoms with E-state index >= 15 is 0 Å². The lowest BCUT2D eigenvalue weighted by Crippen LogP contribution is -2.04. The predicted molar refractivity (Wildman–Crippen MR) is 57.2 cm³/mol. The number of aryl methyl sites for hydroxylation is 1. The molecule has 0 spiro atoms. The zero-order valence-corrected chi connectivity index (χ0v) is 9.31. The number of rotatable bonds is 3. The third-order valence-corrected chi connectivity index (χ3v) is 2.41. The Hall–Kier alpha value is -0.930. The van der Waals surface area contributed by atoms with Gasteiger partial charge in [-0.1, -0.05) is 11.6 Å². The van der Waals surface area contributed by atoms with Gasteiger partial charge in [-0.15, -0.1) is 0 Å². The smallest absolute Gasteiger partial charge is 0.179 e. The van der Waals surface area contributed by atoms with Gasteiger partial charge in [-0.2, -0.15) is 0 Å². The monoisotopic (exact) mass is 215 g/mol. The summed E-state index contributed by atoms with van der Waals surface area (Å²) in [4.78, 5) is 0. The lowest BCUT2D eigenvalue weighted by molar-refractivity contribution is 0.351. The van der Waals surface area contributed by atoms with Crippen LogP contribution in [0.1, 0.15) is 11.1 Å². The van der Waals surface area contributed by atoms with Gasteiger partial charge in [0.1, 0.15) is 0 Å². The molecule has 3 nitrogen and oxygen atoms in total. The standard InChI is InChI=1S/C10H14ClNO2/c1-6-4-8(11)10(14-3)9(13-2)7(6)5-12/h4H,5,12H2,1-3H3. The van der Waals surface area contributed by atoms with Crippen molar-refractivity contribution in [2.24, 2.45) is 5.73 Å². The fourth-order valence-corrected chi connectivity index (χ4v) is 1.75. The highest BCUT2D eigenvalue weighted by molar-refractivity contribution is 6.32. The van der Waals surface area contributed by atoms with Crippen molar-refractivity contribution in [3.8, 4) is 11.5 Å². The highest BCUT2D eigenvalue weighted by Gasteiger charge is 2.15. The summed E-state index contributed by atoms with van der Waals surface area (Å²) in [5.74, 6) is 1.17. The second kappa shape index (κ2) is 4.53. The molecule has 0 saturated carbocycles. The summed E-state index contributed by atoms with van der Waals surface area (Å²) in [6.07, 6.45) is 0. The maximum atomic E-state index is 6.00. The number of benzene rings is 1. The van der Waals surface area contributed by atoms with E-state index in [1.54, 1.807) is 14.2 Å². The van der Waals surface area contributed by atoms with Crippen LogP contribution in [0.3, 0.4) is 0 Å². The highest BCUT2D eigenvalue weighted by atomic mass is 35.5.